The Morgan fingerprint density at radius 1 is 1.17 bits per heavy atom. The highest BCUT2D eigenvalue weighted by Gasteiger charge is 2.23. The van der Waals surface area contributed by atoms with Crippen LogP contribution in [0.3, 0.4) is 0 Å². The van der Waals surface area contributed by atoms with E-state index in [-0.39, 0.29) is 24.9 Å². The number of carbonyl (C=O) groups is 1. The minimum Gasteiger partial charge on any atom is -0.492 e. The maximum atomic E-state index is 13.0. The number of nitrogens with zero attached hydrogens (tertiary/aromatic N) is 1. The minimum absolute atomic E-state index is 0.173. The molecule has 1 heterocycles. The third kappa shape index (κ3) is 3.41. The lowest BCUT2D eigenvalue weighted by Crippen LogP contribution is -2.40. The Labute approximate surface area is 132 Å². The van der Waals surface area contributed by atoms with Gasteiger partial charge in [-0.25, -0.2) is 13.6 Å². The van der Waals surface area contributed by atoms with Crippen LogP contribution in [0, 0.1) is 11.6 Å². The van der Waals surface area contributed by atoms with E-state index in [0.717, 1.165) is 29.8 Å². The molecule has 0 aromatic heterocycles. The second kappa shape index (κ2) is 6.64. The van der Waals surface area contributed by atoms with Crippen molar-refractivity contribution in [2.45, 2.75) is 6.42 Å². The van der Waals surface area contributed by atoms with Gasteiger partial charge < -0.3 is 10.1 Å². The molecule has 0 unspecified atom stereocenters. The van der Waals surface area contributed by atoms with Gasteiger partial charge in [-0.3, -0.25) is 4.90 Å². The van der Waals surface area contributed by atoms with Gasteiger partial charge in [-0.1, -0.05) is 18.2 Å². The number of ether oxygens (including phenoxy) is 1. The number of carbonyl (C=O) groups excluding carboxylic acids is 1. The van der Waals surface area contributed by atoms with Crippen molar-refractivity contribution in [1.82, 2.24) is 5.32 Å². The zero-order chi connectivity index (χ0) is 16.2. The number of rotatable bonds is 4. The van der Waals surface area contributed by atoms with Crippen molar-refractivity contribution in [3.63, 3.8) is 0 Å². The third-order valence-electron chi connectivity index (χ3n) is 3.67. The van der Waals surface area contributed by atoms with E-state index in [1.54, 1.807) is 4.90 Å². The highest BCUT2D eigenvalue weighted by atomic mass is 19.2. The molecule has 3 rings (SSSR count). The van der Waals surface area contributed by atoms with Crippen molar-refractivity contribution >= 4 is 11.7 Å². The summed E-state index contributed by atoms with van der Waals surface area (Å²) >= 11 is 0. The highest BCUT2D eigenvalue weighted by Crippen LogP contribution is 2.27. The number of nitrogens with one attached hydrogen (secondary N) is 1. The quantitative estimate of drug-likeness (QED) is 0.880. The Hall–Kier alpha value is -2.63. The number of hydrogen-bond donors (Lipinski definition) is 1. The molecule has 0 bridgehead atoms. The van der Waals surface area contributed by atoms with E-state index in [1.807, 2.05) is 24.3 Å². The molecule has 120 valence electrons. The number of para-hydroxylation sites is 1. The molecular formula is C17H16F2N2O2. The fourth-order valence-corrected chi connectivity index (χ4v) is 2.54. The zero-order valence-electron chi connectivity index (χ0n) is 12.4. The number of urea groups is 1. The van der Waals surface area contributed by atoms with Gasteiger partial charge >= 0.3 is 6.03 Å². The van der Waals surface area contributed by atoms with Crippen LogP contribution in [0.2, 0.25) is 0 Å². The Morgan fingerprint density at radius 2 is 2.00 bits per heavy atom. The molecule has 1 aliphatic rings. The lowest BCUT2D eigenvalue weighted by atomic mass is 10.2. The second-order valence-corrected chi connectivity index (χ2v) is 5.19. The molecule has 2 aromatic rings. The van der Waals surface area contributed by atoms with Crippen LogP contribution < -0.4 is 15.0 Å². The van der Waals surface area contributed by atoms with E-state index in [2.05, 4.69) is 5.32 Å². The largest absolute Gasteiger partial charge is 0.492 e. The highest BCUT2D eigenvalue weighted by molar-refractivity contribution is 5.94. The van der Waals surface area contributed by atoms with Crippen LogP contribution >= 0.6 is 0 Å². The van der Waals surface area contributed by atoms with Crippen molar-refractivity contribution in [3.8, 4) is 5.75 Å². The van der Waals surface area contributed by atoms with Crippen molar-refractivity contribution < 1.29 is 18.3 Å². The molecule has 0 saturated heterocycles. The average Bonchev–Trinajstić information content (AvgIpc) is 2.99. The van der Waals surface area contributed by atoms with Crippen molar-refractivity contribution in [2.75, 3.05) is 24.6 Å². The third-order valence-corrected chi connectivity index (χ3v) is 3.67. The van der Waals surface area contributed by atoms with E-state index < -0.39 is 11.6 Å². The van der Waals surface area contributed by atoms with Crippen LogP contribution in [0.4, 0.5) is 19.3 Å². The summed E-state index contributed by atoms with van der Waals surface area (Å²) < 4.78 is 31.1. The first-order valence-corrected chi connectivity index (χ1v) is 7.36. The molecule has 1 aliphatic heterocycles. The van der Waals surface area contributed by atoms with E-state index in [9.17, 15) is 13.6 Å². The number of anilines is 1. The number of amides is 2. The van der Waals surface area contributed by atoms with Gasteiger partial charge in [-0.05, 0) is 30.2 Å². The Bertz CT molecular complexity index is 721. The lowest BCUT2D eigenvalue weighted by molar-refractivity contribution is 0.242. The summed E-state index contributed by atoms with van der Waals surface area (Å²) in [5.74, 6) is -1.65. The molecule has 6 heteroatoms. The predicted octanol–water partition coefficient (Wildman–Crippen LogP) is 3.12. The van der Waals surface area contributed by atoms with E-state index >= 15 is 0 Å². The normalized spacial score (nSPS) is 12.9. The molecule has 0 atom stereocenters. The summed E-state index contributed by atoms with van der Waals surface area (Å²) in [7, 11) is 0. The summed E-state index contributed by atoms with van der Waals surface area (Å²) in [5.41, 5.74) is 2.08. The molecule has 0 radical (unpaired) electrons. The van der Waals surface area contributed by atoms with Gasteiger partial charge in [0.25, 0.3) is 0 Å². The zero-order valence-corrected chi connectivity index (χ0v) is 12.4. The first kappa shape index (κ1) is 15.3. The van der Waals surface area contributed by atoms with Gasteiger partial charge in [0.1, 0.15) is 12.4 Å². The van der Waals surface area contributed by atoms with Crippen LogP contribution in [0.15, 0.2) is 42.5 Å². The number of fused-ring (bicyclic) bond motifs is 1. The van der Waals surface area contributed by atoms with Crippen molar-refractivity contribution in [3.05, 3.63) is 59.7 Å². The van der Waals surface area contributed by atoms with Crippen molar-refractivity contribution in [2.24, 2.45) is 0 Å². The number of hydrogen-bond acceptors (Lipinski definition) is 2. The van der Waals surface area contributed by atoms with Gasteiger partial charge in [-0.15, -0.1) is 0 Å². The van der Waals surface area contributed by atoms with Crippen LogP contribution in [-0.4, -0.2) is 25.7 Å². The summed E-state index contributed by atoms with van der Waals surface area (Å²) in [4.78, 5) is 13.9. The van der Waals surface area contributed by atoms with Crippen LogP contribution in [0.5, 0.6) is 5.75 Å². The fraction of sp³-hybridized carbons (Fsp3) is 0.235. The maximum absolute atomic E-state index is 13.0. The maximum Gasteiger partial charge on any atom is 0.322 e. The number of halogens is 2. The van der Waals surface area contributed by atoms with Gasteiger partial charge in [-0.2, -0.15) is 0 Å². The number of benzene rings is 2. The standard InChI is InChI=1S/C17H16F2N2O2/c18-14-6-5-13(11-15(14)19)23-10-8-20-17(22)21-9-7-12-3-1-2-4-16(12)21/h1-6,11H,7-10H2,(H,20,22). The second-order valence-electron chi connectivity index (χ2n) is 5.19. The Kier molecular flexibility index (Phi) is 4.41. The molecular weight excluding hydrogens is 302 g/mol. The SMILES string of the molecule is O=C(NCCOc1ccc(F)c(F)c1)N1CCc2ccccc21. The van der Waals surface area contributed by atoms with E-state index in [4.69, 9.17) is 4.74 Å². The Balaban J connectivity index is 1.48. The topological polar surface area (TPSA) is 41.6 Å². The Morgan fingerprint density at radius 3 is 2.83 bits per heavy atom. The summed E-state index contributed by atoms with van der Waals surface area (Å²) in [6.07, 6.45) is 0.842. The van der Waals surface area contributed by atoms with E-state index in [1.165, 1.54) is 6.07 Å². The monoisotopic (exact) mass is 318 g/mol. The smallest absolute Gasteiger partial charge is 0.322 e. The van der Waals surface area contributed by atoms with Gasteiger partial charge in [0.05, 0.1) is 6.54 Å². The molecule has 23 heavy (non-hydrogen) atoms. The molecule has 4 nitrogen and oxygen atoms in total. The van der Waals surface area contributed by atoms with Gasteiger partial charge in [0.2, 0.25) is 0 Å². The molecule has 1 N–H and O–H groups in total. The molecule has 0 spiro atoms. The predicted molar refractivity (Wildman–Crippen MR) is 82.7 cm³/mol. The molecule has 2 amide bonds. The molecule has 2 aromatic carbocycles. The summed E-state index contributed by atoms with van der Waals surface area (Å²) in [5, 5.41) is 2.76. The van der Waals surface area contributed by atoms with Crippen molar-refractivity contribution in [1.29, 1.82) is 0 Å². The van der Waals surface area contributed by atoms with Gasteiger partial charge in [0, 0.05) is 18.3 Å². The van der Waals surface area contributed by atoms with Gasteiger partial charge in [0.15, 0.2) is 11.6 Å². The first-order valence-electron chi connectivity index (χ1n) is 7.36. The van der Waals surface area contributed by atoms with Crippen LogP contribution in [0.1, 0.15) is 5.56 Å². The molecule has 0 fully saturated rings. The van der Waals surface area contributed by atoms with Crippen LogP contribution in [0.25, 0.3) is 0 Å². The summed E-state index contributed by atoms with van der Waals surface area (Å²) in [6.45, 7) is 1.10. The van der Waals surface area contributed by atoms with Crippen LogP contribution in [-0.2, 0) is 6.42 Å². The minimum atomic E-state index is -0.958. The van der Waals surface area contributed by atoms with E-state index in [0.29, 0.717) is 6.54 Å². The lowest BCUT2D eigenvalue weighted by Gasteiger charge is -2.18. The summed E-state index contributed by atoms with van der Waals surface area (Å²) in [6, 6.07) is 10.9. The molecule has 0 aliphatic carbocycles. The first-order chi connectivity index (χ1) is 11.1. The average molecular weight is 318 g/mol. The fourth-order valence-electron chi connectivity index (χ4n) is 2.54. The molecule has 0 saturated carbocycles.